The summed E-state index contributed by atoms with van der Waals surface area (Å²) in [5.41, 5.74) is 21.7. The molecule has 0 atom stereocenters. The number of fused-ring (bicyclic) bond motifs is 4. The minimum atomic E-state index is 0. The first-order chi connectivity index (χ1) is 47.3. The van der Waals surface area contributed by atoms with E-state index in [0.717, 1.165) is 118 Å². The van der Waals surface area contributed by atoms with E-state index in [9.17, 15) is 0 Å². The Labute approximate surface area is 589 Å². The summed E-state index contributed by atoms with van der Waals surface area (Å²) in [6.45, 7) is 2.34. The van der Waals surface area contributed by atoms with Crippen molar-refractivity contribution < 1.29 is 0 Å². The van der Waals surface area contributed by atoms with Crippen LogP contribution < -0.4 is 5.73 Å². The number of nitrogen functional groups attached to an aromatic ring is 1. The van der Waals surface area contributed by atoms with Crippen molar-refractivity contribution in [1.29, 1.82) is 5.41 Å². The summed E-state index contributed by atoms with van der Waals surface area (Å²) < 4.78 is 8.53. The van der Waals surface area contributed by atoms with Gasteiger partial charge < -0.3 is 24.4 Å². The maximum absolute atomic E-state index is 7.97. The maximum Gasteiger partial charge on any atom is 0.142 e. The molecule has 0 saturated carbocycles. The van der Waals surface area contributed by atoms with Crippen LogP contribution in [0.3, 0.4) is 0 Å². The molecular weight excluding hydrogens is 1380 g/mol. The first-order valence-corrected chi connectivity index (χ1v) is 32.7. The Morgan fingerprint density at radius 1 is 0.402 bits per heavy atom. The quantitative estimate of drug-likeness (QED) is 0.0787. The SMILES string of the molecule is Brc1ccnc2[nH]ccc12.Brc1ccnc2c1ccn2Cc1ccncc1.Cl.ClCc1ccncc1.N=C(c1ccccc1)c1ccccc1.Nc1ccnc2c1ccn2Cc1ccncc1.c1ccc(C(=Nc2ccnc3c2ccn3Cc2ccncc2)c2ccccc2)cc1. The summed E-state index contributed by atoms with van der Waals surface area (Å²) in [5.74, 6) is 0.572. The molecule has 16 rings (SSSR count). The van der Waals surface area contributed by atoms with Crippen molar-refractivity contribution >= 4 is 123 Å². The molecule has 4 N–H and O–H groups in total. The summed E-state index contributed by atoms with van der Waals surface area (Å²) in [7, 11) is 0. The van der Waals surface area contributed by atoms with Crippen LogP contribution in [-0.4, -0.2) is 70.0 Å². The molecule has 0 spiro atoms. The largest absolute Gasteiger partial charge is 0.398 e. The van der Waals surface area contributed by atoms with Gasteiger partial charge in [-0.25, -0.2) is 24.9 Å². The predicted octanol–water partition coefficient (Wildman–Crippen LogP) is 18.6. The third-order valence-electron chi connectivity index (χ3n) is 15.0. The number of pyridine rings is 8. The Bertz CT molecular complexity index is 4870. The molecule has 19 heteroatoms. The summed E-state index contributed by atoms with van der Waals surface area (Å²) in [6.07, 6.45) is 29.5. The molecule has 0 bridgehead atoms. The molecule has 12 heterocycles. The van der Waals surface area contributed by atoms with E-state index >= 15 is 0 Å². The fraction of sp³-hybridized carbons (Fsp3) is 0.0513. The lowest BCUT2D eigenvalue weighted by Gasteiger charge is -2.09. The molecule has 0 radical (unpaired) electrons. The number of aromatic nitrogens is 12. The molecular formula is C78H65Br2Cl2N15. The fourth-order valence-corrected chi connectivity index (χ4v) is 11.2. The van der Waals surface area contributed by atoms with Crippen molar-refractivity contribution in [2.24, 2.45) is 4.99 Å². The van der Waals surface area contributed by atoms with E-state index in [4.69, 9.17) is 27.7 Å². The third kappa shape index (κ3) is 18.9. The number of aliphatic imine (C=N–C) groups is 1. The molecule has 0 aliphatic rings. The number of nitrogens with one attached hydrogen (secondary N) is 2. The van der Waals surface area contributed by atoms with Gasteiger partial charge in [-0.2, -0.15) is 0 Å². The number of nitrogens with zero attached hydrogens (tertiary/aromatic N) is 12. The Morgan fingerprint density at radius 2 is 0.773 bits per heavy atom. The van der Waals surface area contributed by atoms with Gasteiger partial charge in [-0.15, -0.1) is 24.0 Å². The Balaban J connectivity index is 0.000000133. The van der Waals surface area contributed by atoms with Gasteiger partial charge >= 0.3 is 0 Å². The Hall–Kier alpha value is -11.1. The van der Waals surface area contributed by atoms with Crippen LogP contribution in [0, 0.1) is 5.41 Å². The number of hydrogen-bond acceptors (Lipinski definition) is 11. The minimum absolute atomic E-state index is 0. The van der Waals surface area contributed by atoms with E-state index in [1.807, 2.05) is 232 Å². The molecule has 480 valence electrons. The smallest absolute Gasteiger partial charge is 0.142 e. The molecule has 0 aliphatic heterocycles. The maximum atomic E-state index is 7.97. The number of alkyl halides is 1. The van der Waals surface area contributed by atoms with Gasteiger partial charge in [0.2, 0.25) is 0 Å². The number of aromatic amines is 1. The fourth-order valence-electron chi connectivity index (χ4n) is 10.2. The highest BCUT2D eigenvalue weighted by molar-refractivity contribution is 9.11. The van der Waals surface area contributed by atoms with Gasteiger partial charge in [-0.1, -0.05) is 121 Å². The highest BCUT2D eigenvalue weighted by atomic mass is 79.9. The minimum Gasteiger partial charge on any atom is -0.398 e. The molecule has 16 aromatic rings. The summed E-state index contributed by atoms with van der Waals surface area (Å²) in [4.78, 5) is 41.6. The number of benzene rings is 4. The molecule has 12 aromatic heterocycles. The standard InChI is InChI=1S/C26H20N4.C13H10BrN3.C13H12N4.C13H11N.C7H5BrN2.C6H6ClN.ClH/c1-3-7-21(8-4-1)25(22-9-5-2-6-10-22)29-24-13-17-28-26-23(24)14-18-30(26)19-20-11-15-27-16-12-20;2*14-12-3-7-16-13-11(12)4-8-17(13)9-10-1-5-15-6-2-10;14-13(11-7-3-1-4-8-11)12-9-5-2-6-10-12;8-6-2-4-10-7-5(6)1-3-9-7;7-5-6-1-3-8-4-2-6;/h1-18H,19H2;1-8H,9H2;1-8H,9H2,(H2,14,16);1-10,14H;1-4H,(H,9,10);1-4H,5H2;1H. The van der Waals surface area contributed by atoms with Crippen LogP contribution in [0.2, 0.25) is 0 Å². The molecule has 0 amide bonds. The van der Waals surface area contributed by atoms with Gasteiger partial charge in [0.05, 0.1) is 17.1 Å². The zero-order valence-corrected chi connectivity index (χ0v) is 57.1. The summed E-state index contributed by atoms with van der Waals surface area (Å²) in [5, 5.41) is 12.3. The van der Waals surface area contributed by atoms with Crippen LogP contribution in [0.15, 0.2) is 331 Å². The molecule has 0 aliphatic carbocycles. The molecule has 97 heavy (non-hydrogen) atoms. The van der Waals surface area contributed by atoms with E-state index in [2.05, 4.69) is 139 Å². The normalized spacial score (nSPS) is 10.4. The molecule has 4 aromatic carbocycles. The van der Waals surface area contributed by atoms with Crippen LogP contribution in [0.1, 0.15) is 44.5 Å². The number of nitrogens with two attached hydrogens (primary N) is 1. The van der Waals surface area contributed by atoms with Gasteiger partial charge in [-0.05, 0) is 162 Å². The number of anilines is 1. The van der Waals surface area contributed by atoms with Crippen LogP contribution in [-0.2, 0) is 25.5 Å². The van der Waals surface area contributed by atoms with Crippen molar-refractivity contribution in [2.45, 2.75) is 25.5 Å². The second-order valence-corrected chi connectivity index (χ2v) is 23.4. The Kier molecular flexibility index (Phi) is 25.1. The second-order valence-electron chi connectivity index (χ2n) is 21.5. The third-order valence-corrected chi connectivity index (χ3v) is 16.7. The number of H-pyrrole nitrogens is 1. The topological polar surface area (TPSA) is 196 Å². The lowest BCUT2D eigenvalue weighted by molar-refractivity contribution is 0.823. The van der Waals surface area contributed by atoms with Gasteiger partial charge in [0.15, 0.2) is 0 Å². The van der Waals surface area contributed by atoms with E-state index in [1.165, 1.54) is 16.7 Å². The average Bonchev–Trinajstić information content (AvgIpc) is 1.70. The number of halogens is 4. The van der Waals surface area contributed by atoms with Crippen LogP contribution in [0.5, 0.6) is 0 Å². The average molecular weight is 1440 g/mol. The zero-order chi connectivity index (χ0) is 66.1. The van der Waals surface area contributed by atoms with Gasteiger partial charge in [-0.3, -0.25) is 25.3 Å². The van der Waals surface area contributed by atoms with Gasteiger partial charge in [0.25, 0.3) is 0 Å². The van der Waals surface area contributed by atoms with Crippen molar-refractivity contribution in [3.63, 3.8) is 0 Å². The number of hydrogen-bond donors (Lipinski definition) is 3. The highest BCUT2D eigenvalue weighted by Crippen LogP contribution is 2.29. The predicted molar refractivity (Wildman–Crippen MR) is 403 cm³/mol. The summed E-state index contributed by atoms with van der Waals surface area (Å²) >= 11 is 12.4. The second kappa shape index (κ2) is 35.4. The highest BCUT2D eigenvalue weighted by Gasteiger charge is 2.13. The van der Waals surface area contributed by atoms with E-state index in [-0.39, 0.29) is 12.4 Å². The van der Waals surface area contributed by atoms with E-state index in [0.29, 0.717) is 11.6 Å². The lowest BCUT2D eigenvalue weighted by Crippen LogP contribution is -2.02. The zero-order valence-electron chi connectivity index (χ0n) is 52.3. The first-order valence-electron chi connectivity index (χ1n) is 30.6. The molecule has 0 saturated heterocycles. The van der Waals surface area contributed by atoms with Crippen LogP contribution >= 0.6 is 55.9 Å². The van der Waals surface area contributed by atoms with Gasteiger partial charge in [0.1, 0.15) is 22.6 Å². The van der Waals surface area contributed by atoms with Crippen LogP contribution in [0.25, 0.3) is 44.1 Å². The van der Waals surface area contributed by atoms with E-state index < -0.39 is 0 Å². The van der Waals surface area contributed by atoms with Crippen molar-refractivity contribution in [3.05, 3.63) is 371 Å². The Morgan fingerprint density at radius 3 is 1.22 bits per heavy atom. The van der Waals surface area contributed by atoms with Crippen molar-refractivity contribution in [2.75, 3.05) is 5.73 Å². The lowest BCUT2D eigenvalue weighted by atomic mass is 10.0. The molecule has 0 unspecified atom stereocenters. The number of rotatable bonds is 12. The monoisotopic (exact) mass is 1440 g/mol. The van der Waals surface area contributed by atoms with E-state index in [1.54, 1.807) is 37.2 Å². The van der Waals surface area contributed by atoms with Crippen molar-refractivity contribution in [3.8, 4) is 0 Å². The molecule has 0 fully saturated rings. The summed E-state index contributed by atoms with van der Waals surface area (Å²) in [6, 6.07) is 71.9. The first kappa shape index (κ1) is 68.8. The molecule has 15 nitrogen and oxygen atoms in total. The van der Waals surface area contributed by atoms with Crippen molar-refractivity contribution in [1.82, 2.24) is 58.6 Å². The van der Waals surface area contributed by atoms with Crippen LogP contribution in [0.4, 0.5) is 11.4 Å². The van der Waals surface area contributed by atoms with Gasteiger partial charge in [0, 0.05) is 172 Å².